The number of nitrogens with one attached hydrogen (secondary N) is 1. The Morgan fingerprint density at radius 1 is 1.43 bits per heavy atom. The van der Waals surface area contributed by atoms with Gasteiger partial charge < -0.3 is 4.98 Å². The van der Waals surface area contributed by atoms with Gasteiger partial charge in [-0.1, -0.05) is 0 Å². The number of H-pyrrole nitrogens is 1. The molecule has 0 amide bonds. The van der Waals surface area contributed by atoms with Crippen LogP contribution in [0.5, 0.6) is 0 Å². The van der Waals surface area contributed by atoms with Crippen LogP contribution in [0.3, 0.4) is 0 Å². The molecule has 1 fully saturated rings. The maximum atomic E-state index is 12.2. The summed E-state index contributed by atoms with van der Waals surface area (Å²) < 4.78 is 24.8. The van der Waals surface area contributed by atoms with Gasteiger partial charge in [0.25, 0.3) is 5.69 Å². The molecule has 1 aromatic heterocycles. The second kappa shape index (κ2) is 4.17. The molecule has 8 nitrogen and oxygen atoms in total. The van der Waals surface area contributed by atoms with Crippen LogP contribution in [0.15, 0.2) is 23.0 Å². The monoisotopic (exact) mass is 311 g/mol. The summed E-state index contributed by atoms with van der Waals surface area (Å²) in [5.74, 6) is -0.132. The summed E-state index contributed by atoms with van der Waals surface area (Å²) in [6, 6.07) is 4.05. The normalized spacial score (nSPS) is 24.4. The van der Waals surface area contributed by atoms with Gasteiger partial charge in [0, 0.05) is 12.1 Å². The van der Waals surface area contributed by atoms with Crippen LogP contribution in [0.1, 0.15) is 13.3 Å². The lowest BCUT2D eigenvalue weighted by atomic mass is 10.0. The number of fused-ring (bicyclic) bond motifs is 1. The van der Waals surface area contributed by atoms with Crippen molar-refractivity contribution in [2.45, 2.75) is 18.9 Å². The fourth-order valence-corrected chi connectivity index (χ4v) is 5.03. The predicted octanol–water partition coefficient (Wildman–Crippen LogP) is 0.772. The van der Waals surface area contributed by atoms with E-state index in [1.165, 1.54) is 22.8 Å². The summed E-state index contributed by atoms with van der Waals surface area (Å²) in [7, 11) is -3.20. The van der Waals surface area contributed by atoms with Crippen LogP contribution < -0.4 is 5.69 Å². The fraction of sp³-hybridized carbons (Fsp3) is 0.417. The fourth-order valence-electron chi connectivity index (χ4n) is 2.91. The molecular formula is C12H13N3O5S. The molecule has 1 aliphatic rings. The highest BCUT2D eigenvalue weighted by atomic mass is 32.2. The molecule has 0 unspecified atom stereocenters. The smallest absolute Gasteiger partial charge is 0.306 e. The minimum atomic E-state index is -3.20. The van der Waals surface area contributed by atoms with Crippen LogP contribution in [-0.4, -0.2) is 34.4 Å². The molecular weight excluding hydrogens is 298 g/mol. The van der Waals surface area contributed by atoms with Crippen molar-refractivity contribution in [3.63, 3.8) is 0 Å². The number of benzene rings is 1. The Kier molecular flexibility index (Phi) is 2.74. The van der Waals surface area contributed by atoms with E-state index >= 15 is 0 Å². The zero-order valence-corrected chi connectivity index (χ0v) is 12.0. The van der Waals surface area contributed by atoms with Gasteiger partial charge in [0.2, 0.25) is 0 Å². The first-order valence-electron chi connectivity index (χ1n) is 6.32. The van der Waals surface area contributed by atoms with Gasteiger partial charge in [-0.05, 0) is 19.4 Å². The molecule has 0 aliphatic carbocycles. The molecule has 0 radical (unpaired) electrons. The van der Waals surface area contributed by atoms with E-state index in [4.69, 9.17) is 0 Å². The standard InChI is InChI=1S/C12H13N3O5S/c1-12(4-5-21(19,20)7-12)14-10-6-8(15(17)18)2-3-9(10)13-11(14)16/h2-3,6H,4-5,7H2,1H3,(H,13,16)/t12-/m1/s1. The predicted molar refractivity (Wildman–Crippen MR) is 76.1 cm³/mol. The molecule has 0 spiro atoms. The average molecular weight is 311 g/mol. The van der Waals surface area contributed by atoms with Gasteiger partial charge in [0.05, 0.1) is 33.0 Å². The molecule has 1 N–H and O–H groups in total. The number of hydrogen-bond donors (Lipinski definition) is 1. The van der Waals surface area contributed by atoms with E-state index in [0.717, 1.165) is 0 Å². The number of nitro benzene ring substituents is 1. The highest BCUT2D eigenvalue weighted by Gasteiger charge is 2.41. The molecule has 1 atom stereocenters. The number of aromatic amines is 1. The number of nitro groups is 1. The number of imidazole rings is 1. The molecule has 2 heterocycles. The Morgan fingerprint density at radius 2 is 2.14 bits per heavy atom. The van der Waals surface area contributed by atoms with Crippen LogP contribution in [-0.2, 0) is 15.4 Å². The lowest BCUT2D eigenvalue weighted by Crippen LogP contribution is -2.38. The highest BCUT2D eigenvalue weighted by Crippen LogP contribution is 2.32. The van der Waals surface area contributed by atoms with E-state index in [1.54, 1.807) is 6.92 Å². The average Bonchev–Trinajstić information content (AvgIpc) is 2.84. The van der Waals surface area contributed by atoms with Gasteiger partial charge in [-0.15, -0.1) is 0 Å². The van der Waals surface area contributed by atoms with Gasteiger partial charge in [-0.2, -0.15) is 0 Å². The number of hydrogen-bond acceptors (Lipinski definition) is 5. The van der Waals surface area contributed by atoms with Crippen LogP contribution in [0.25, 0.3) is 11.0 Å². The third-order valence-electron chi connectivity index (χ3n) is 3.90. The Balaban J connectivity index is 2.27. The van der Waals surface area contributed by atoms with Gasteiger partial charge in [-0.3, -0.25) is 14.7 Å². The molecule has 3 rings (SSSR count). The van der Waals surface area contributed by atoms with Gasteiger partial charge in [0.1, 0.15) is 0 Å². The molecule has 0 bridgehead atoms. The number of non-ortho nitro benzene ring substituents is 1. The summed E-state index contributed by atoms with van der Waals surface area (Å²) in [6.45, 7) is 1.69. The van der Waals surface area contributed by atoms with Crippen molar-refractivity contribution in [1.82, 2.24) is 9.55 Å². The van der Waals surface area contributed by atoms with Gasteiger partial charge in [0.15, 0.2) is 9.84 Å². The van der Waals surface area contributed by atoms with E-state index in [9.17, 15) is 23.3 Å². The van der Waals surface area contributed by atoms with Crippen molar-refractivity contribution in [2.75, 3.05) is 11.5 Å². The molecule has 9 heteroatoms. The maximum Gasteiger partial charge on any atom is 0.327 e. The quantitative estimate of drug-likeness (QED) is 0.649. The van der Waals surface area contributed by atoms with Crippen LogP contribution in [0, 0.1) is 10.1 Å². The van der Waals surface area contributed by atoms with E-state index in [1.807, 2.05) is 0 Å². The first-order chi connectivity index (χ1) is 9.72. The summed E-state index contributed by atoms with van der Waals surface area (Å²) in [4.78, 5) is 25.1. The maximum absolute atomic E-state index is 12.2. The molecule has 1 aromatic carbocycles. The Morgan fingerprint density at radius 3 is 2.71 bits per heavy atom. The van der Waals surface area contributed by atoms with Crippen molar-refractivity contribution in [1.29, 1.82) is 0 Å². The Hall–Kier alpha value is -2.16. The zero-order valence-electron chi connectivity index (χ0n) is 11.2. The van der Waals surface area contributed by atoms with Crippen molar-refractivity contribution in [2.24, 2.45) is 0 Å². The van der Waals surface area contributed by atoms with E-state index in [-0.39, 0.29) is 17.2 Å². The minimum Gasteiger partial charge on any atom is -0.306 e. The third kappa shape index (κ3) is 2.13. The number of aromatic nitrogens is 2. The second-order valence-electron chi connectivity index (χ2n) is 5.56. The van der Waals surface area contributed by atoms with E-state index in [2.05, 4.69) is 4.98 Å². The summed E-state index contributed by atoms with van der Waals surface area (Å²) in [6.07, 6.45) is 0.310. The molecule has 1 aliphatic heterocycles. The van der Waals surface area contributed by atoms with E-state index < -0.39 is 26.0 Å². The highest BCUT2D eigenvalue weighted by molar-refractivity contribution is 7.91. The Bertz CT molecular complexity index is 911. The van der Waals surface area contributed by atoms with Crippen LogP contribution in [0.4, 0.5) is 5.69 Å². The van der Waals surface area contributed by atoms with Gasteiger partial charge >= 0.3 is 5.69 Å². The molecule has 1 saturated heterocycles. The first-order valence-corrected chi connectivity index (χ1v) is 8.14. The molecule has 21 heavy (non-hydrogen) atoms. The summed E-state index contributed by atoms with van der Waals surface area (Å²) >= 11 is 0. The largest absolute Gasteiger partial charge is 0.327 e. The van der Waals surface area contributed by atoms with Crippen molar-refractivity contribution in [3.8, 4) is 0 Å². The number of rotatable bonds is 2. The van der Waals surface area contributed by atoms with Crippen LogP contribution >= 0.6 is 0 Å². The molecule has 2 aromatic rings. The molecule has 0 saturated carbocycles. The Labute approximate surface area is 119 Å². The van der Waals surface area contributed by atoms with Crippen molar-refractivity contribution < 1.29 is 13.3 Å². The van der Waals surface area contributed by atoms with Crippen molar-refractivity contribution >= 4 is 26.6 Å². The summed E-state index contributed by atoms with van der Waals surface area (Å²) in [5.41, 5.74) is -0.668. The van der Waals surface area contributed by atoms with Crippen LogP contribution in [0.2, 0.25) is 0 Å². The minimum absolute atomic E-state index is 0.0114. The summed E-state index contributed by atoms with van der Waals surface area (Å²) in [5, 5.41) is 10.9. The number of nitrogens with zero attached hydrogens (tertiary/aromatic N) is 2. The van der Waals surface area contributed by atoms with Gasteiger partial charge in [-0.25, -0.2) is 13.2 Å². The topological polar surface area (TPSA) is 115 Å². The van der Waals surface area contributed by atoms with E-state index in [0.29, 0.717) is 17.5 Å². The lowest BCUT2D eigenvalue weighted by molar-refractivity contribution is -0.384. The van der Waals surface area contributed by atoms with Crippen molar-refractivity contribution in [3.05, 3.63) is 38.8 Å². The number of sulfone groups is 1. The lowest BCUT2D eigenvalue weighted by Gasteiger charge is -2.23. The molecule has 112 valence electrons. The zero-order chi connectivity index (χ0) is 15.4. The first kappa shape index (κ1) is 13.8. The third-order valence-corrected chi connectivity index (χ3v) is 5.79. The SMILES string of the molecule is C[C@@]1(n2c(=O)[nH]c3ccc([N+](=O)[O-])cc32)CCS(=O)(=O)C1. The second-order valence-corrected chi connectivity index (χ2v) is 7.75.